The highest BCUT2D eigenvalue weighted by Gasteiger charge is 2.25. The minimum absolute atomic E-state index is 0.0261. The molecular weight excluding hydrogens is 370 g/mol. The van der Waals surface area contributed by atoms with E-state index in [1.807, 2.05) is 4.90 Å². The maximum atomic E-state index is 12.7. The second-order valence-corrected chi connectivity index (χ2v) is 8.12. The number of nitrogens with zero attached hydrogens (tertiary/aromatic N) is 3. The maximum Gasteiger partial charge on any atom is 0.274 e. The highest BCUT2D eigenvalue weighted by atomic mass is 32.1. The molecule has 0 unspecified atom stereocenters. The van der Waals surface area contributed by atoms with Gasteiger partial charge in [0, 0.05) is 31.5 Å². The van der Waals surface area contributed by atoms with Crippen molar-refractivity contribution in [2.24, 2.45) is 0 Å². The van der Waals surface area contributed by atoms with Crippen LogP contribution in [0.25, 0.3) is 10.2 Å². The van der Waals surface area contributed by atoms with Crippen LogP contribution < -0.4 is 4.74 Å². The van der Waals surface area contributed by atoms with Gasteiger partial charge in [-0.3, -0.25) is 4.79 Å². The van der Waals surface area contributed by atoms with E-state index in [-0.39, 0.29) is 12.0 Å². The summed E-state index contributed by atoms with van der Waals surface area (Å²) in [5.74, 6) is -0.0261. The van der Waals surface area contributed by atoms with E-state index in [1.165, 1.54) is 10.3 Å². The molecule has 2 aromatic carbocycles. The van der Waals surface area contributed by atoms with Gasteiger partial charge in [0.1, 0.15) is 6.10 Å². The number of nitriles is 1. The van der Waals surface area contributed by atoms with Crippen molar-refractivity contribution in [3.63, 3.8) is 0 Å². The van der Waals surface area contributed by atoms with Gasteiger partial charge in [-0.1, -0.05) is 29.5 Å². The molecule has 0 atom stereocenters. The monoisotopic (exact) mass is 391 g/mol. The molecule has 3 aromatic rings. The van der Waals surface area contributed by atoms with Crippen LogP contribution in [-0.4, -0.2) is 35.0 Å². The lowest BCUT2D eigenvalue weighted by Crippen LogP contribution is -2.41. The fourth-order valence-corrected chi connectivity index (χ4v) is 4.54. The SMILES string of the molecule is Cc1ccc(C)c2sc(OC3CCN(C(=O)c4cccc(C#N)c4)CC3)nc12. The molecule has 1 amide bonds. The summed E-state index contributed by atoms with van der Waals surface area (Å²) in [5, 5.41) is 9.73. The number of piperidine rings is 1. The Labute approximate surface area is 168 Å². The Morgan fingerprint density at radius 1 is 1.21 bits per heavy atom. The summed E-state index contributed by atoms with van der Waals surface area (Å²) in [4.78, 5) is 19.2. The number of fused-ring (bicyclic) bond motifs is 1. The minimum Gasteiger partial charge on any atom is -0.467 e. The molecule has 0 spiro atoms. The van der Waals surface area contributed by atoms with Crippen molar-refractivity contribution in [1.82, 2.24) is 9.88 Å². The van der Waals surface area contributed by atoms with E-state index in [0.29, 0.717) is 29.4 Å². The average molecular weight is 391 g/mol. The highest BCUT2D eigenvalue weighted by molar-refractivity contribution is 7.20. The molecule has 6 heteroatoms. The number of likely N-dealkylation sites (tertiary alicyclic amines) is 1. The standard InChI is InChI=1S/C22H21N3O2S/c1-14-6-7-15(2)20-19(14)24-22(28-20)27-18-8-10-25(11-9-18)21(26)17-5-3-4-16(12-17)13-23/h3-7,12,18H,8-11H2,1-2H3. The number of ether oxygens (including phenoxy) is 1. The van der Waals surface area contributed by atoms with Crippen LogP contribution in [0.2, 0.25) is 0 Å². The van der Waals surface area contributed by atoms with Gasteiger partial charge >= 0.3 is 0 Å². The Morgan fingerprint density at radius 2 is 1.96 bits per heavy atom. The van der Waals surface area contributed by atoms with Gasteiger partial charge < -0.3 is 9.64 Å². The van der Waals surface area contributed by atoms with Crippen LogP contribution in [0.15, 0.2) is 36.4 Å². The van der Waals surface area contributed by atoms with E-state index >= 15 is 0 Å². The molecule has 4 rings (SSSR count). The van der Waals surface area contributed by atoms with E-state index < -0.39 is 0 Å². The molecule has 5 nitrogen and oxygen atoms in total. The van der Waals surface area contributed by atoms with Crippen molar-refractivity contribution in [3.8, 4) is 11.3 Å². The van der Waals surface area contributed by atoms with Crippen LogP contribution in [0.5, 0.6) is 5.19 Å². The lowest BCUT2D eigenvalue weighted by atomic mass is 10.1. The predicted octanol–water partition coefficient (Wildman–Crippen LogP) is 4.47. The van der Waals surface area contributed by atoms with Gasteiger partial charge in [-0.05, 0) is 43.2 Å². The summed E-state index contributed by atoms with van der Waals surface area (Å²) in [5.41, 5.74) is 4.46. The van der Waals surface area contributed by atoms with Crippen LogP contribution in [0, 0.1) is 25.2 Å². The summed E-state index contributed by atoms with van der Waals surface area (Å²) in [6.07, 6.45) is 1.62. The molecule has 1 saturated heterocycles. The Balaban J connectivity index is 1.40. The molecular formula is C22H21N3O2S. The molecule has 0 N–H and O–H groups in total. The van der Waals surface area contributed by atoms with Gasteiger partial charge in [0.15, 0.2) is 0 Å². The Hall–Kier alpha value is -2.91. The molecule has 0 aliphatic carbocycles. The largest absolute Gasteiger partial charge is 0.467 e. The number of benzene rings is 2. The summed E-state index contributed by atoms with van der Waals surface area (Å²) in [6, 6.07) is 13.2. The van der Waals surface area contributed by atoms with Crippen molar-refractivity contribution in [2.75, 3.05) is 13.1 Å². The normalized spacial score (nSPS) is 14.8. The molecule has 1 aromatic heterocycles. The Morgan fingerprint density at radius 3 is 2.68 bits per heavy atom. The smallest absolute Gasteiger partial charge is 0.274 e. The average Bonchev–Trinajstić information content (AvgIpc) is 3.16. The van der Waals surface area contributed by atoms with Gasteiger partial charge in [-0.25, -0.2) is 4.98 Å². The van der Waals surface area contributed by atoms with Crippen molar-refractivity contribution >= 4 is 27.5 Å². The van der Waals surface area contributed by atoms with Crippen LogP contribution in [0.3, 0.4) is 0 Å². The summed E-state index contributed by atoms with van der Waals surface area (Å²) < 4.78 is 7.33. The van der Waals surface area contributed by atoms with Crippen LogP contribution in [-0.2, 0) is 0 Å². The molecule has 142 valence electrons. The predicted molar refractivity (Wildman–Crippen MR) is 110 cm³/mol. The summed E-state index contributed by atoms with van der Waals surface area (Å²) >= 11 is 1.60. The molecule has 1 aliphatic rings. The number of hydrogen-bond acceptors (Lipinski definition) is 5. The van der Waals surface area contributed by atoms with Crippen molar-refractivity contribution in [3.05, 3.63) is 58.7 Å². The van der Waals surface area contributed by atoms with Gasteiger partial charge in [-0.2, -0.15) is 5.26 Å². The molecule has 1 aliphatic heterocycles. The third-order valence-electron chi connectivity index (χ3n) is 5.16. The van der Waals surface area contributed by atoms with Crippen LogP contribution >= 0.6 is 11.3 Å². The number of aryl methyl sites for hydroxylation is 2. The zero-order valence-electron chi connectivity index (χ0n) is 15.9. The molecule has 0 radical (unpaired) electrons. The summed E-state index contributed by atoms with van der Waals surface area (Å²) in [6.45, 7) is 5.44. The quantitative estimate of drug-likeness (QED) is 0.661. The van der Waals surface area contributed by atoms with Crippen LogP contribution in [0.4, 0.5) is 0 Å². The lowest BCUT2D eigenvalue weighted by Gasteiger charge is -2.31. The molecule has 0 saturated carbocycles. The van der Waals surface area contributed by atoms with Gasteiger partial charge in [0.05, 0.1) is 21.8 Å². The van der Waals surface area contributed by atoms with Gasteiger partial charge in [0.25, 0.3) is 11.1 Å². The first-order valence-corrected chi connectivity index (χ1v) is 10.2. The van der Waals surface area contributed by atoms with E-state index in [4.69, 9.17) is 10.00 Å². The fourth-order valence-electron chi connectivity index (χ4n) is 3.51. The zero-order chi connectivity index (χ0) is 19.7. The number of carbonyl (C=O) groups is 1. The first kappa shape index (κ1) is 18.5. The van der Waals surface area contributed by atoms with E-state index in [9.17, 15) is 4.79 Å². The molecule has 28 heavy (non-hydrogen) atoms. The number of carbonyl (C=O) groups excluding carboxylic acids is 1. The number of hydrogen-bond donors (Lipinski definition) is 0. The van der Waals surface area contributed by atoms with E-state index in [2.05, 4.69) is 37.0 Å². The number of thiazole rings is 1. The summed E-state index contributed by atoms with van der Waals surface area (Å²) in [7, 11) is 0. The number of aromatic nitrogens is 1. The van der Waals surface area contributed by atoms with Crippen molar-refractivity contribution in [2.45, 2.75) is 32.8 Å². The van der Waals surface area contributed by atoms with Gasteiger partial charge in [0.2, 0.25) is 0 Å². The maximum absolute atomic E-state index is 12.7. The Bertz CT molecular complexity index is 1040. The van der Waals surface area contributed by atoms with Crippen LogP contribution in [0.1, 0.15) is 39.9 Å². The third-order valence-corrected chi connectivity index (χ3v) is 6.24. The zero-order valence-corrected chi connectivity index (χ0v) is 16.8. The molecule has 1 fully saturated rings. The second-order valence-electron chi connectivity index (χ2n) is 7.16. The lowest BCUT2D eigenvalue weighted by molar-refractivity contribution is 0.0595. The first-order chi connectivity index (χ1) is 13.5. The number of rotatable bonds is 3. The second kappa shape index (κ2) is 7.61. The Kier molecular flexibility index (Phi) is 5.01. The van der Waals surface area contributed by atoms with E-state index in [0.717, 1.165) is 23.9 Å². The fraction of sp³-hybridized carbons (Fsp3) is 0.318. The first-order valence-electron chi connectivity index (χ1n) is 9.38. The molecule has 0 bridgehead atoms. The van der Waals surface area contributed by atoms with Gasteiger partial charge in [-0.15, -0.1) is 0 Å². The number of amides is 1. The van der Waals surface area contributed by atoms with Crippen molar-refractivity contribution in [1.29, 1.82) is 5.26 Å². The minimum atomic E-state index is -0.0261. The molecule has 2 heterocycles. The van der Waals surface area contributed by atoms with Crippen molar-refractivity contribution < 1.29 is 9.53 Å². The third kappa shape index (κ3) is 3.58. The highest BCUT2D eigenvalue weighted by Crippen LogP contribution is 2.33. The van der Waals surface area contributed by atoms with E-state index in [1.54, 1.807) is 35.6 Å². The topological polar surface area (TPSA) is 66.2 Å².